The minimum Gasteiger partial charge on any atom is -0.371 e. The number of anilines is 2. The summed E-state index contributed by atoms with van der Waals surface area (Å²) in [4.78, 5) is 14.6. The molecule has 6 nitrogen and oxygen atoms in total. The van der Waals surface area contributed by atoms with Gasteiger partial charge in [0.05, 0.1) is 5.56 Å². The van der Waals surface area contributed by atoms with Gasteiger partial charge >= 0.3 is 0 Å². The predicted molar refractivity (Wildman–Crippen MR) is 91.5 cm³/mol. The van der Waals surface area contributed by atoms with Crippen molar-refractivity contribution in [3.63, 3.8) is 0 Å². The number of rotatable bonds is 4. The van der Waals surface area contributed by atoms with E-state index in [2.05, 4.69) is 10.2 Å². The topological polar surface area (TPSA) is 92.5 Å². The fourth-order valence-corrected chi connectivity index (χ4v) is 4.42. The number of thiophene rings is 1. The van der Waals surface area contributed by atoms with E-state index in [0.717, 1.165) is 30.1 Å². The van der Waals surface area contributed by atoms with Crippen molar-refractivity contribution in [1.29, 1.82) is 0 Å². The maximum absolute atomic E-state index is 12.3. The van der Waals surface area contributed by atoms with Crippen LogP contribution in [0, 0.1) is 0 Å². The molecule has 0 unspecified atom stereocenters. The lowest BCUT2D eigenvalue weighted by molar-refractivity contribution is 0.102. The van der Waals surface area contributed by atoms with E-state index in [1.807, 2.05) is 18.2 Å². The third kappa shape index (κ3) is 3.54. The maximum atomic E-state index is 12.3. The predicted octanol–water partition coefficient (Wildman–Crippen LogP) is 2.25. The Bertz CT molecular complexity index is 824. The van der Waals surface area contributed by atoms with Crippen LogP contribution in [0.1, 0.15) is 23.2 Å². The van der Waals surface area contributed by atoms with Gasteiger partial charge in [-0.2, -0.15) is 0 Å². The van der Waals surface area contributed by atoms with Crippen LogP contribution >= 0.6 is 11.3 Å². The number of hydrogen-bond donors (Lipinski definition) is 2. The van der Waals surface area contributed by atoms with E-state index in [1.165, 1.54) is 24.3 Å². The quantitative estimate of drug-likeness (QED) is 0.883. The molecule has 23 heavy (non-hydrogen) atoms. The summed E-state index contributed by atoms with van der Waals surface area (Å²) in [6, 6.07) is 9.01. The van der Waals surface area contributed by atoms with Gasteiger partial charge in [-0.05, 0) is 42.5 Å². The van der Waals surface area contributed by atoms with Gasteiger partial charge in [-0.1, -0.05) is 6.07 Å². The second-order valence-electron chi connectivity index (χ2n) is 5.37. The highest BCUT2D eigenvalue weighted by Gasteiger charge is 2.21. The molecular formula is C15H17N3O3S2. The number of benzene rings is 1. The van der Waals surface area contributed by atoms with Crippen LogP contribution in [0.5, 0.6) is 0 Å². The molecule has 1 amide bonds. The van der Waals surface area contributed by atoms with E-state index in [1.54, 1.807) is 6.07 Å². The van der Waals surface area contributed by atoms with Crippen molar-refractivity contribution in [3.05, 3.63) is 41.3 Å². The Morgan fingerprint density at radius 1 is 1.22 bits per heavy atom. The average molecular weight is 351 g/mol. The Balaban J connectivity index is 1.81. The summed E-state index contributed by atoms with van der Waals surface area (Å²) in [5.41, 5.74) is 1.76. The SMILES string of the molecule is NS(=O)(=O)c1sccc1C(=O)Nc1cccc(N2CCCC2)c1. The molecule has 1 fully saturated rings. The number of amides is 1. The summed E-state index contributed by atoms with van der Waals surface area (Å²) in [6.45, 7) is 2.02. The fourth-order valence-electron chi connectivity index (χ4n) is 2.64. The molecule has 1 aromatic carbocycles. The lowest BCUT2D eigenvalue weighted by Crippen LogP contribution is -2.19. The van der Waals surface area contributed by atoms with Crippen LogP contribution in [0.3, 0.4) is 0 Å². The van der Waals surface area contributed by atoms with Crippen molar-refractivity contribution >= 4 is 38.6 Å². The number of nitrogens with one attached hydrogen (secondary N) is 1. The van der Waals surface area contributed by atoms with Crippen LogP contribution in [0.2, 0.25) is 0 Å². The first-order chi connectivity index (χ1) is 10.9. The van der Waals surface area contributed by atoms with Crippen molar-refractivity contribution < 1.29 is 13.2 Å². The number of carbonyl (C=O) groups excluding carboxylic acids is 1. The van der Waals surface area contributed by atoms with Crippen molar-refractivity contribution in [2.45, 2.75) is 17.1 Å². The Morgan fingerprint density at radius 3 is 2.65 bits per heavy atom. The second-order valence-corrected chi connectivity index (χ2v) is 8.04. The molecule has 1 saturated heterocycles. The molecule has 1 aliphatic rings. The van der Waals surface area contributed by atoms with Gasteiger partial charge in [-0.3, -0.25) is 4.79 Å². The number of carbonyl (C=O) groups is 1. The third-order valence-corrected chi connectivity index (χ3v) is 6.14. The van der Waals surface area contributed by atoms with Gasteiger partial charge in [-0.15, -0.1) is 11.3 Å². The minimum atomic E-state index is -3.90. The monoisotopic (exact) mass is 351 g/mol. The second kappa shape index (κ2) is 6.31. The van der Waals surface area contributed by atoms with Gasteiger partial charge < -0.3 is 10.2 Å². The Labute approximate surface area is 139 Å². The van der Waals surface area contributed by atoms with E-state index in [-0.39, 0.29) is 9.77 Å². The van der Waals surface area contributed by atoms with E-state index in [9.17, 15) is 13.2 Å². The van der Waals surface area contributed by atoms with E-state index in [4.69, 9.17) is 5.14 Å². The Hall–Kier alpha value is -1.90. The molecule has 0 atom stereocenters. The molecule has 1 aliphatic heterocycles. The zero-order chi connectivity index (χ0) is 16.4. The molecule has 0 radical (unpaired) electrons. The van der Waals surface area contributed by atoms with Gasteiger partial charge in [0, 0.05) is 24.5 Å². The average Bonchev–Trinajstić information content (AvgIpc) is 3.18. The van der Waals surface area contributed by atoms with Crippen molar-refractivity contribution in [1.82, 2.24) is 0 Å². The van der Waals surface area contributed by atoms with Crippen LogP contribution in [0.15, 0.2) is 39.9 Å². The van der Waals surface area contributed by atoms with Gasteiger partial charge in [0.15, 0.2) is 0 Å². The van der Waals surface area contributed by atoms with Gasteiger partial charge in [0.2, 0.25) is 10.0 Å². The first-order valence-corrected chi connectivity index (χ1v) is 9.64. The normalized spacial score (nSPS) is 14.9. The van der Waals surface area contributed by atoms with E-state index < -0.39 is 15.9 Å². The van der Waals surface area contributed by atoms with Crippen molar-refractivity contribution in [2.75, 3.05) is 23.3 Å². The smallest absolute Gasteiger partial charge is 0.257 e. The summed E-state index contributed by atoms with van der Waals surface area (Å²) in [7, 11) is -3.90. The molecule has 8 heteroatoms. The van der Waals surface area contributed by atoms with Gasteiger partial charge in [0.25, 0.3) is 5.91 Å². The number of hydrogen-bond acceptors (Lipinski definition) is 5. The zero-order valence-corrected chi connectivity index (χ0v) is 14.0. The van der Waals surface area contributed by atoms with Crippen LogP contribution < -0.4 is 15.4 Å². The molecule has 0 spiro atoms. The largest absolute Gasteiger partial charge is 0.371 e. The third-order valence-electron chi connectivity index (χ3n) is 3.71. The lowest BCUT2D eigenvalue weighted by Gasteiger charge is -2.18. The molecule has 0 aliphatic carbocycles. The van der Waals surface area contributed by atoms with Crippen LogP contribution in [0.4, 0.5) is 11.4 Å². The molecule has 3 rings (SSSR count). The highest BCUT2D eigenvalue weighted by Crippen LogP contribution is 2.25. The van der Waals surface area contributed by atoms with E-state index in [0.29, 0.717) is 5.69 Å². The molecule has 2 aromatic rings. The first-order valence-electron chi connectivity index (χ1n) is 7.22. The molecule has 2 heterocycles. The fraction of sp³-hybridized carbons (Fsp3) is 0.267. The molecule has 0 saturated carbocycles. The molecule has 3 N–H and O–H groups in total. The first kappa shape index (κ1) is 16.0. The standard InChI is InChI=1S/C15H17N3O3S2/c16-23(20,21)15-13(6-9-22-15)14(19)17-11-4-3-5-12(10-11)18-7-1-2-8-18/h3-6,9-10H,1-2,7-8H2,(H,17,19)(H2,16,20,21). The van der Waals surface area contributed by atoms with Gasteiger partial charge in [0.1, 0.15) is 4.21 Å². The number of primary sulfonamides is 1. The molecule has 122 valence electrons. The summed E-state index contributed by atoms with van der Waals surface area (Å²) < 4.78 is 22.9. The lowest BCUT2D eigenvalue weighted by atomic mass is 10.2. The minimum absolute atomic E-state index is 0.0732. The molecule has 0 bridgehead atoms. The maximum Gasteiger partial charge on any atom is 0.257 e. The molecular weight excluding hydrogens is 334 g/mol. The van der Waals surface area contributed by atoms with E-state index >= 15 is 0 Å². The highest BCUT2D eigenvalue weighted by molar-refractivity contribution is 7.91. The summed E-state index contributed by atoms with van der Waals surface area (Å²) in [5, 5.41) is 9.41. The summed E-state index contributed by atoms with van der Waals surface area (Å²) >= 11 is 0.937. The van der Waals surface area contributed by atoms with Crippen molar-refractivity contribution in [3.8, 4) is 0 Å². The summed E-state index contributed by atoms with van der Waals surface area (Å²) in [5.74, 6) is -0.478. The Morgan fingerprint density at radius 2 is 1.96 bits per heavy atom. The number of nitrogens with two attached hydrogens (primary N) is 1. The highest BCUT2D eigenvalue weighted by atomic mass is 32.2. The van der Waals surface area contributed by atoms with Crippen molar-refractivity contribution in [2.24, 2.45) is 5.14 Å². The molecule has 1 aromatic heterocycles. The zero-order valence-electron chi connectivity index (χ0n) is 12.4. The summed E-state index contributed by atoms with van der Waals surface area (Å²) in [6.07, 6.45) is 2.34. The van der Waals surface area contributed by atoms with Crippen LogP contribution in [0.25, 0.3) is 0 Å². The number of nitrogens with zero attached hydrogens (tertiary/aromatic N) is 1. The van der Waals surface area contributed by atoms with Crippen LogP contribution in [-0.4, -0.2) is 27.4 Å². The van der Waals surface area contributed by atoms with Crippen LogP contribution in [-0.2, 0) is 10.0 Å². The Kier molecular flexibility index (Phi) is 4.38. The van der Waals surface area contributed by atoms with Gasteiger partial charge in [-0.25, -0.2) is 13.6 Å². The number of sulfonamides is 1.